The van der Waals surface area contributed by atoms with Gasteiger partial charge >= 0.3 is 0 Å². The Bertz CT molecular complexity index is 1290. The van der Waals surface area contributed by atoms with Crippen LogP contribution in [0.1, 0.15) is 84.0 Å². The van der Waals surface area contributed by atoms with Gasteiger partial charge in [0, 0.05) is 24.3 Å². The normalized spacial score (nSPS) is 17.7. The molecule has 2 aliphatic heterocycles. The molecule has 1 unspecified atom stereocenters. The Morgan fingerprint density at radius 3 is 1.92 bits per heavy atom. The van der Waals surface area contributed by atoms with E-state index in [0.29, 0.717) is 5.92 Å². The van der Waals surface area contributed by atoms with Gasteiger partial charge in [-0.1, -0.05) is 38.1 Å². The Balaban J connectivity index is 1.61. The smallest absolute Gasteiger partial charge is 0.161 e. The highest BCUT2D eigenvalue weighted by Crippen LogP contribution is 2.54. The summed E-state index contributed by atoms with van der Waals surface area (Å²) >= 11 is 0. The van der Waals surface area contributed by atoms with E-state index in [9.17, 15) is 0 Å². The maximum absolute atomic E-state index is 6.72. The summed E-state index contributed by atoms with van der Waals surface area (Å²) in [6, 6.07) is 13.4. The van der Waals surface area contributed by atoms with Crippen molar-refractivity contribution in [2.24, 2.45) is 0 Å². The highest BCUT2D eigenvalue weighted by Gasteiger charge is 2.45. The summed E-state index contributed by atoms with van der Waals surface area (Å²) in [5.41, 5.74) is 11.5. The summed E-state index contributed by atoms with van der Waals surface area (Å²) in [5.74, 6) is 3.34. The minimum absolute atomic E-state index is 0.178. The molecule has 0 saturated carbocycles. The largest absolute Gasteiger partial charge is 0.493 e. The van der Waals surface area contributed by atoms with E-state index in [0.717, 1.165) is 30.3 Å². The molecule has 0 aliphatic carbocycles. The van der Waals surface area contributed by atoms with E-state index < -0.39 is 0 Å². The average Bonchev–Trinajstić information content (AvgIpc) is 3.38. The van der Waals surface area contributed by atoms with Crippen molar-refractivity contribution in [3.63, 3.8) is 0 Å². The molecule has 0 saturated heterocycles. The van der Waals surface area contributed by atoms with E-state index in [1.54, 1.807) is 14.2 Å². The number of nitrogens with zero attached hydrogens (tertiary/aromatic N) is 1. The first-order valence-corrected chi connectivity index (χ1v) is 13.0. The summed E-state index contributed by atoms with van der Waals surface area (Å²) < 4.78 is 17.9. The Kier molecular flexibility index (Phi) is 5.97. The van der Waals surface area contributed by atoms with Crippen LogP contribution in [0.2, 0.25) is 0 Å². The molecular formula is C32H39NO3. The van der Waals surface area contributed by atoms with Crippen LogP contribution in [0.25, 0.3) is 0 Å². The molecule has 5 rings (SSSR count). The van der Waals surface area contributed by atoms with Crippen LogP contribution in [0.5, 0.6) is 17.2 Å². The van der Waals surface area contributed by atoms with Crippen LogP contribution in [0.15, 0.2) is 36.4 Å². The molecule has 2 aliphatic rings. The van der Waals surface area contributed by atoms with E-state index >= 15 is 0 Å². The van der Waals surface area contributed by atoms with Crippen molar-refractivity contribution in [2.75, 3.05) is 19.1 Å². The summed E-state index contributed by atoms with van der Waals surface area (Å²) in [4.78, 5) is 2.51. The van der Waals surface area contributed by atoms with Gasteiger partial charge in [-0.05, 0) is 91.6 Å². The number of benzene rings is 3. The van der Waals surface area contributed by atoms with Gasteiger partial charge in [-0.25, -0.2) is 0 Å². The van der Waals surface area contributed by atoms with Gasteiger partial charge in [-0.15, -0.1) is 0 Å². The van der Waals surface area contributed by atoms with Gasteiger partial charge < -0.3 is 19.1 Å². The van der Waals surface area contributed by atoms with Crippen LogP contribution in [-0.2, 0) is 13.1 Å². The first-order valence-electron chi connectivity index (χ1n) is 13.0. The first kappa shape index (κ1) is 24.5. The molecule has 36 heavy (non-hydrogen) atoms. The standard InChI is InChI=1S/C32H39NO3/c1-18(2)22-10-12-23(13-11-22)29-28-21(5)30(19(3)20(4)31(28)36-32(29,6)7)33-16-24-14-26(34-8)27(35-9)15-25(24)17-33/h10-15,18,29H,16-17H2,1-9H3. The van der Waals surface area contributed by atoms with Crippen molar-refractivity contribution >= 4 is 5.69 Å². The number of fused-ring (bicyclic) bond motifs is 2. The number of ether oxygens (including phenoxy) is 3. The second-order valence-electron chi connectivity index (χ2n) is 11.3. The molecule has 190 valence electrons. The fourth-order valence-corrected chi connectivity index (χ4v) is 6.28. The van der Waals surface area contributed by atoms with Gasteiger partial charge in [-0.3, -0.25) is 0 Å². The number of methoxy groups -OCH3 is 2. The Hall–Kier alpha value is -3.14. The van der Waals surface area contributed by atoms with Crippen LogP contribution >= 0.6 is 0 Å². The van der Waals surface area contributed by atoms with Crippen molar-refractivity contribution < 1.29 is 14.2 Å². The van der Waals surface area contributed by atoms with Crippen LogP contribution in [0, 0.1) is 20.8 Å². The average molecular weight is 486 g/mol. The Labute approximate surface area is 216 Å². The minimum Gasteiger partial charge on any atom is -0.493 e. The van der Waals surface area contributed by atoms with Crippen molar-refractivity contribution in [3.05, 3.63) is 80.9 Å². The van der Waals surface area contributed by atoms with E-state index in [1.807, 2.05) is 0 Å². The molecule has 0 N–H and O–H groups in total. The van der Waals surface area contributed by atoms with Gasteiger partial charge in [-0.2, -0.15) is 0 Å². The number of hydrogen-bond donors (Lipinski definition) is 0. The van der Waals surface area contributed by atoms with Crippen LogP contribution in [-0.4, -0.2) is 19.8 Å². The fraction of sp³-hybridized carbons (Fsp3) is 0.438. The monoisotopic (exact) mass is 485 g/mol. The van der Waals surface area contributed by atoms with E-state index in [1.165, 1.54) is 50.2 Å². The predicted octanol–water partition coefficient (Wildman–Crippen LogP) is 7.58. The third-order valence-corrected chi connectivity index (χ3v) is 8.29. The summed E-state index contributed by atoms with van der Waals surface area (Å²) in [5, 5.41) is 0. The van der Waals surface area contributed by atoms with Crippen molar-refractivity contribution in [2.45, 2.75) is 79.0 Å². The lowest BCUT2D eigenvalue weighted by Gasteiger charge is -2.29. The molecule has 1 atom stereocenters. The van der Waals surface area contributed by atoms with Crippen molar-refractivity contribution in [3.8, 4) is 17.2 Å². The lowest BCUT2D eigenvalue weighted by molar-refractivity contribution is 0.121. The molecular weight excluding hydrogens is 446 g/mol. The summed E-state index contributed by atoms with van der Waals surface area (Å²) in [6.07, 6.45) is 0. The highest BCUT2D eigenvalue weighted by atomic mass is 16.5. The molecule has 0 spiro atoms. The Morgan fingerprint density at radius 1 is 0.861 bits per heavy atom. The molecule has 3 aromatic carbocycles. The number of hydrogen-bond acceptors (Lipinski definition) is 4. The second-order valence-corrected chi connectivity index (χ2v) is 11.3. The lowest BCUT2D eigenvalue weighted by atomic mass is 9.78. The van der Waals surface area contributed by atoms with Gasteiger partial charge in [0.15, 0.2) is 11.5 Å². The minimum atomic E-state index is -0.322. The molecule has 2 heterocycles. The Morgan fingerprint density at radius 2 is 1.42 bits per heavy atom. The van der Waals surface area contributed by atoms with Gasteiger partial charge in [0.2, 0.25) is 0 Å². The number of rotatable bonds is 5. The summed E-state index contributed by atoms with van der Waals surface area (Å²) in [7, 11) is 3.40. The van der Waals surface area contributed by atoms with E-state index in [2.05, 4.69) is 89.8 Å². The third-order valence-electron chi connectivity index (χ3n) is 8.29. The quantitative estimate of drug-likeness (QED) is 0.373. The second kappa shape index (κ2) is 8.76. The van der Waals surface area contributed by atoms with Crippen LogP contribution in [0.3, 0.4) is 0 Å². The zero-order valence-corrected chi connectivity index (χ0v) is 23.2. The molecule has 0 radical (unpaired) electrons. The highest BCUT2D eigenvalue weighted by molar-refractivity contribution is 5.73. The molecule has 0 fully saturated rings. The third kappa shape index (κ3) is 3.73. The fourth-order valence-electron chi connectivity index (χ4n) is 6.28. The SMILES string of the molecule is COc1cc2c(cc1OC)CN(c1c(C)c(C)c3c(c1C)C(c1ccc(C(C)C)cc1)C(C)(C)O3)C2. The molecule has 3 aromatic rings. The van der Waals surface area contributed by atoms with Gasteiger partial charge in [0.25, 0.3) is 0 Å². The van der Waals surface area contributed by atoms with Gasteiger partial charge in [0.05, 0.1) is 20.1 Å². The van der Waals surface area contributed by atoms with E-state index in [-0.39, 0.29) is 11.5 Å². The van der Waals surface area contributed by atoms with Crippen LogP contribution < -0.4 is 19.1 Å². The molecule has 0 bridgehead atoms. The van der Waals surface area contributed by atoms with E-state index in [4.69, 9.17) is 14.2 Å². The zero-order valence-electron chi connectivity index (χ0n) is 23.2. The topological polar surface area (TPSA) is 30.9 Å². The predicted molar refractivity (Wildman–Crippen MR) is 147 cm³/mol. The maximum Gasteiger partial charge on any atom is 0.161 e. The first-order chi connectivity index (χ1) is 17.1. The summed E-state index contributed by atoms with van der Waals surface area (Å²) in [6.45, 7) is 17.4. The van der Waals surface area contributed by atoms with Crippen LogP contribution in [0.4, 0.5) is 5.69 Å². The maximum atomic E-state index is 6.72. The molecule has 4 heteroatoms. The molecule has 0 aromatic heterocycles. The lowest BCUT2D eigenvalue weighted by Crippen LogP contribution is -2.31. The zero-order chi connectivity index (χ0) is 25.9. The van der Waals surface area contributed by atoms with Gasteiger partial charge in [0.1, 0.15) is 11.4 Å². The molecule has 4 nitrogen and oxygen atoms in total. The number of anilines is 1. The molecule has 0 amide bonds. The van der Waals surface area contributed by atoms with Crippen molar-refractivity contribution in [1.29, 1.82) is 0 Å². The van der Waals surface area contributed by atoms with Crippen molar-refractivity contribution in [1.82, 2.24) is 0 Å².